The summed E-state index contributed by atoms with van der Waals surface area (Å²) in [6.07, 6.45) is 2.08. The van der Waals surface area contributed by atoms with Crippen LogP contribution in [0.2, 0.25) is 0 Å². The van der Waals surface area contributed by atoms with Crippen molar-refractivity contribution in [3.8, 4) is 5.69 Å². The predicted octanol–water partition coefficient (Wildman–Crippen LogP) is 3.58. The van der Waals surface area contributed by atoms with Crippen molar-refractivity contribution in [1.29, 1.82) is 0 Å². The minimum Gasteiger partial charge on any atom is -0.369 e. The van der Waals surface area contributed by atoms with E-state index in [1.807, 2.05) is 6.07 Å². The largest absolute Gasteiger partial charge is 0.369 e. The molecule has 1 aromatic heterocycles. The quantitative estimate of drug-likeness (QED) is 0.724. The molecule has 1 N–H and O–H groups in total. The number of para-hydroxylation sites is 1. The Morgan fingerprint density at radius 1 is 1.00 bits per heavy atom. The van der Waals surface area contributed by atoms with Gasteiger partial charge < -0.3 is 10.2 Å². The van der Waals surface area contributed by atoms with Gasteiger partial charge >= 0.3 is 0 Å². The molecule has 2 heterocycles. The fourth-order valence-electron chi connectivity index (χ4n) is 3.11. The number of benzene rings is 2. The average Bonchev–Trinajstić information content (AvgIpc) is 3.01. The molecule has 1 aliphatic heterocycles. The SMILES string of the molecule is CSc1nn(-c2ccccc2)c2cc(N3CCNCC3)ccc12.Cl. The molecule has 0 unspecified atom stereocenters. The van der Waals surface area contributed by atoms with Gasteiger partial charge in [0.1, 0.15) is 5.03 Å². The van der Waals surface area contributed by atoms with Gasteiger partial charge in [0.15, 0.2) is 0 Å². The molecular weight excluding hydrogens is 340 g/mol. The Kier molecular flexibility index (Phi) is 5.33. The van der Waals surface area contributed by atoms with Gasteiger partial charge in [0.05, 0.1) is 11.2 Å². The van der Waals surface area contributed by atoms with E-state index in [1.54, 1.807) is 11.8 Å². The lowest BCUT2D eigenvalue weighted by atomic mass is 10.2. The summed E-state index contributed by atoms with van der Waals surface area (Å²) in [7, 11) is 0. The van der Waals surface area contributed by atoms with Crippen molar-refractivity contribution in [2.45, 2.75) is 5.03 Å². The van der Waals surface area contributed by atoms with E-state index in [2.05, 4.69) is 63.6 Å². The average molecular weight is 361 g/mol. The topological polar surface area (TPSA) is 33.1 Å². The maximum absolute atomic E-state index is 4.81. The van der Waals surface area contributed by atoms with Crippen molar-refractivity contribution >= 4 is 40.8 Å². The van der Waals surface area contributed by atoms with Crippen molar-refractivity contribution in [2.24, 2.45) is 0 Å². The molecule has 0 spiro atoms. The van der Waals surface area contributed by atoms with Gasteiger partial charge in [0.2, 0.25) is 0 Å². The first-order chi connectivity index (χ1) is 11.4. The molecule has 0 amide bonds. The van der Waals surface area contributed by atoms with Crippen molar-refractivity contribution in [3.05, 3.63) is 48.5 Å². The number of thioether (sulfide) groups is 1. The number of nitrogens with one attached hydrogen (secondary N) is 1. The lowest BCUT2D eigenvalue weighted by Gasteiger charge is -2.29. The van der Waals surface area contributed by atoms with Crippen LogP contribution in [0, 0.1) is 0 Å². The highest BCUT2D eigenvalue weighted by atomic mass is 35.5. The van der Waals surface area contributed by atoms with E-state index in [9.17, 15) is 0 Å². The molecule has 0 bridgehead atoms. The Balaban J connectivity index is 0.00000169. The maximum atomic E-state index is 4.81. The summed E-state index contributed by atoms with van der Waals surface area (Å²) in [5, 5.41) is 10.5. The monoisotopic (exact) mass is 360 g/mol. The van der Waals surface area contributed by atoms with E-state index < -0.39 is 0 Å². The molecule has 1 fully saturated rings. The first-order valence-electron chi connectivity index (χ1n) is 7.95. The summed E-state index contributed by atoms with van der Waals surface area (Å²) in [5.41, 5.74) is 3.57. The van der Waals surface area contributed by atoms with Crippen LogP contribution in [0.3, 0.4) is 0 Å². The van der Waals surface area contributed by atoms with Crippen LogP contribution in [-0.4, -0.2) is 42.2 Å². The third-order valence-corrected chi connectivity index (χ3v) is 5.00. The van der Waals surface area contributed by atoms with Crippen molar-refractivity contribution < 1.29 is 0 Å². The van der Waals surface area contributed by atoms with Gasteiger partial charge in [-0.25, -0.2) is 4.68 Å². The van der Waals surface area contributed by atoms with Gasteiger partial charge in [-0.1, -0.05) is 18.2 Å². The minimum absolute atomic E-state index is 0. The van der Waals surface area contributed by atoms with Crippen LogP contribution in [0.1, 0.15) is 0 Å². The minimum atomic E-state index is 0. The summed E-state index contributed by atoms with van der Waals surface area (Å²) in [6.45, 7) is 4.21. The van der Waals surface area contributed by atoms with E-state index in [-0.39, 0.29) is 12.4 Å². The second-order valence-electron chi connectivity index (χ2n) is 5.70. The zero-order chi connectivity index (χ0) is 15.6. The Hall–Kier alpha value is -1.69. The van der Waals surface area contributed by atoms with Crippen LogP contribution >= 0.6 is 24.2 Å². The second kappa shape index (κ2) is 7.47. The molecule has 0 atom stereocenters. The highest BCUT2D eigenvalue weighted by molar-refractivity contribution is 7.98. The molecule has 0 radical (unpaired) electrons. The zero-order valence-corrected chi connectivity index (χ0v) is 15.2. The van der Waals surface area contributed by atoms with Crippen LogP contribution < -0.4 is 10.2 Å². The lowest BCUT2D eigenvalue weighted by molar-refractivity contribution is 0.589. The molecule has 24 heavy (non-hydrogen) atoms. The fourth-order valence-corrected chi connectivity index (χ4v) is 3.67. The van der Waals surface area contributed by atoms with Crippen molar-refractivity contribution in [1.82, 2.24) is 15.1 Å². The predicted molar refractivity (Wildman–Crippen MR) is 105 cm³/mol. The van der Waals surface area contributed by atoms with Crippen molar-refractivity contribution in [2.75, 3.05) is 37.3 Å². The first-order valence-corrected chi connectivity index (χ1v) is 9.17. The molecule has 1 saturated heterocycles. The normalized spacial score (nSPS) is 14.6. The molecule has 4 nitrogen and oxygen atoms in total. The third kappa shape index (κ3) is 3.11. The molecule has 4 rings (SSSR count). The summed E-state index contributed by atoms with van der Waals surface area (Å²) in [5.74, 6) is 0. The smallest absolute Gasteiger partial charge is 0.126 e. The van der Waals surface area contributed by atoms with Crippen LogP contribution in [0.4, 0.5) is 5.69 Å². The third-order valence-electron chi connectivity index (χ3n) is 4.31. The van der Waals surface area contributed by atoms with E-state index >= 15 is 0 Å². The van der Waals surface area contributed by atoms with Crippen LogP contribution in [0.5, 0.6) is 0 Å². The first kappa shape index (κ1) is 17.1. The number of hydrogen-bond acceptors (Lipinski definition) is 4. The summed E-state index contributed by atoms with van der Waals surface area (Å²) < 4.78 is 2.06. The highest BCUT2D eigenvalue weighted by Gasteiger charge is 2.15. The van der Waals surface area contributed by atoms with Gasteiger partial charge in [0.25, 0.3) is 0 Å². The van der Waals surface area contributed by atoms with E-state index in [4.69, 9.17) is 5.10 Å². The highest BCUT2D eigenvalue weighted by Crippen LogP contribution is 2.31. The second-order valence-corrected chi connectivity index (χ2v) is 6.49. The summed E-state index contributed by atoms with van der Waals surface area (Å²) in [6, 6.07) is 17.1. The van der Waals surface area contributed by atoms with Gasteiger partial charge in [-0.2, -0.15) is 5.10 Å². The van der Waals surface area contributed by atoms with Crippen LogP contribution in [0.25, 0.3) is 16.6 Å². The molecular formula is C18H21ClN4S. The number of hydrogen-bond donors (Lipinski definition) is 1. The molecule has 6 heteroatoms. The standard InChI is InChI=1S/C18H20N4S.ClH/c1-23-18-16-8-7-15(21-11-9-19-10-12-21)13-17(16)22(20-18)14-5-3-2-4-6-14;/h2-8,13,19H,9-12H2,1H3;1H. The molecule has 2 aromatic carbocycles. The van der Waals surface area contributed by atoms with E-state index in [1.165, 1.54) is 16.6 Å². The van der Waals surface area contributed by atoms with Crippen LogP contribution in [0.15, 0.2) is 53.6 Å². The Labute approximate surface area is 152 Å². The number of halogens is 1. The van der Waals surface area contributed by atoms with Crippen LogP contribution in [-0.2, 0) is 0 Å². The van der Waals surface area contributed by atoms with Gasteiger partial charge in [-0.15, -0.1) is 24.2 Å². The molecule has 0 saturated carbocycles. The molecule has 126 valence electrons. The Morgan fingerprint density at radius 2 is 1.75 bits per heavy atom. The van der Waals surface area contributed by atoms with Gasteiger partial charge in [-0.05, 0) is 36.6 Å². The number of nitrogens with zero attached hydrogens (tertiary/aromatic N) is 3. The Morgan fingerprint density at radius 3 is 2.46 bits per heavy atom. The number of aromatic nitrogens is 2. The number of anilines is 1. The van der Waals surface area contributed by atoms with Gasteiger partial charge in [0, 0.05) is 37.3 Å². The molecule has 0 aliphatic carbocycles. The summed E-state index contributed by atoms with van der Waals surface area (Å²) in [4.78, 5) is 2.44. The molecule has 3 aromatic rings. The van der Waals surface area contributed by atoms with Gasteiger partial charge in [-0.3, -0.25) is 0 Å². The maximum Gasteiger partial charge on any atom is 0.126 e. The van der Waals surface area contributed by atoms with E-state index in [0.29, 0.717) is 0 Å². The summed E-state index contributed by atoms with van der Waals surface area (Å²) >= 11 is 1.70. The zero-order valence-electron chi connectivity index (χ0n) is 13.6. The van der Waals surface area contributed by atoms with E-state index in [0.717, 1.165) is 36.9 Å². The van der Waals surface area contributed by atoms with Crippen molar-refractivity contribution in [3.63, 3.8) is 0 Å². The number of fused-ring (bicyclic) bond motifs is 1. The Bertz CT molecular complexity index is 813. The number of piperazine rings is 1. The lowest BCUT2D eigenvalue weighted by Crippen LogP contribution is -2.43. The number of rotatable bonds is 3. The fraction of sp³-hybridized carbons (Fsp3) is 0.278. The molecule has 1 aliphatic rings.